The van der Waals surface area contributed by atoms with Crippen LogP contribution in [-0.4, -0.2) is 63.1 Å². The molecule has 2 heterocycles. The molecule has 0 amide bonds. The van der Waals surface area contributed by atoms with Crippen LogP contribution in [-0.2, 0) is 16.0 Å². The number of oxime groups is 1. The number of ether oxygens (including phenoxy) is 3. The Bertz CT molecular complexity index is 2030. The number of hydrogen-bond acceptors (Lipinski definition) is 9. The van der Waals surface area contributed by atoms with E-state index in [4.69, 9.17) is 24.2 Å². The largest absolute Gasteiger partial charge is 0.460 e. The van der Waals surface area contributed by atoms with Gasteiger partial charge >= 0.3 is 0 Å². The predicted octanol–water partition coefficient (Wildman–Crippen LogP) is 10.4. The number of allylic oxidation sites excluding steroid dienone is 1. The molecule has 2 N–H and O–H groups in total. The normalized spacial score (nSPS) is 24.6. The fourth-order valence-corrected chi connectivity index (χ4v) is 10.4. The smallest absolute Gasteiger partial charge is 0.230 e. The van der Waals surface area contributed by atoms with E-state index in [1.165, 1.54) is 5.56 Å². The predicted molar refractivity (Wildman–Crippen MR) is 230 cm³/mol. The van der Waals surface area contributed by atoms with Gasteiger partial charge in [0.1, 0.15) is 22.8 Å². The lowest BCUT2D eigenvalue weighted by Crippen LogP contribution is -2.64. The highest BCUT2D eigenvalue weighted by atomic mass is 32.2. The summed E-state index contributed by atoms with van der Waals surface area (Å²) in [6.45, 7) is 10.8. The second-order valence-corrected chi connectivity index (χ2v) is 17.8. The zero-order chi connectivity index (χ0) is 39.8. The molecule has 3 aromatic carbocycles. The van der Waals surface area contributed by atoms with Gasteiger partial charge in [-0.15, -0.1) is 6.58 Å². The molecule has 4 aromatic rings. The summed E-state index contributed by atoms with van der Waals surface area (Å²) in [5, 5.41) is 26.9. The summed E-state index contributed by atoms with van der Waals surface area (Å²) < 4.78 is 21.1. The molecule has 8 nitrogen and oxygen atoms in total. The van der Waals surface area contributed by atoms with Crippen LogP contribution in [0.1, 0.15) is 82.8 Å². The minimum atomic E-state index is -1.02. The van der Waals surface area contributed by atoms with Crippen LogP contribution in [0.3, 0.4) is 0 Å². The lowest BCUT2D eigenvalue weighted by Gasteiger charge is -2.58. The number of rotatable bonds is 18. The first-order chi connectivity index (χ1) is 27.7. The Labute approximate surface area is 342 Å². The van der Waals surface area contributed by atoms with Gasteiger partial charge in [0, 0.05) is 43.5 Å². The zero-order valence-electron chi connectivity index (χ0n) is 33.6. The number of aliphatic hydroxyl groups excluding tert-OH is 2. The van der Waals surface area contributed by atoms with Crippen LogP contribution in [0.15, 0.2) is 115 Å². The first-order valence-electron chi connectivity index (χ1n) is 20.7. The maximum absolute atomic E-state index is 9.95. The molecule has 1 fully saturated rings. The second-order valence-electron chi connectivity index (χ2n) is 16.5. The van der Waals surface area contributed by atoms with Crippen molar-refractivity contribution in [1.82, 2.24) is 4.98 Å². The van der Waals surface area contributed by atoms with Crippen LogP contribution < -0.4 is 9.47 Å². The molecule has 9 heteroatoms. The van der Waals surface area contributed by atoms with Crippen LogP contribution in [0.5, 0.6) is 17.2 Å². The molecule has 57 heavy (non-hydrogen) atoms. The number of aliphatic hydroxyl groups is 2. The molecule has 1 aromatic heterocycles. The molecule has 0 saturated heterocycles. The van der Waals surface area contributed by atoms with Gasteiger partial charge in [-0.3, -0.25) is 4.98 Å². The number of benzene rings is 3. The highest BCUT2D eigenvalue weighted by Gasteiger charge is 2.64. The standard InChI is InChI=1S/C48H58N2O6S/c1-5-27-53-48-44(57-28-22-33-20-23-49-24-21-33)32-42(50-56-47(2,3)4)40-30-36(14-8-10-25-51)39(15-9-11-26-52)45(46(40)48)41-31-38(18-19-43(41)55-48)54-37-17-16-34-12-6-7-13-35(34)29-37/h5-7,12-13,16-21,23-24,29-31,36,39,44-46,51-52H,1,8-11,14-15,22,25-28,32H2,2-4H3. The topological polar surface area (TPSA) is 103 Å². The van der Waals surface area contributed by atoms with Crippen molar-refractivity contribution in [1.29, 1.82) is 0 Å². The number of unbranched alkanes of at least 4 members (excludes halogenated alkanes) is 2. The number of thioether (sulfide) groups is 1. The van der Waals surface area contributed by atoms with Gasteiger partial charge in [-0.2, -0.15) is 11.8 Å². The maximum atomic E-state index is 9.95. The quantitative estimate of drug-likeness (QED) is 0.0584. The van der Waals surface area contributed by atoms with Crippen LogP contribution in [0.2, 0.25) is 0 Å². The average Bonchev–Trinajstić information content (AvgIpc) is 3.21. The van der Waals surface area contributed by atoms with Gasteiger partial charge in [-0.1, -0.05) is 60.5 Å². The van der Waals surface area contributed by atoms with E-state index in [1.54, 1.807) is 0 Å². The lowest BCUT2D eigenvalue weighted by atomic mass is 9.56. The van der Waals surface area contributed by atoms with Gasteiger partial charge in [0.2, 0.25) is 5.79 Å². The van der Waals surface area contributed by atoms with Crippen LogP contribution in [0.25, 0.3) is 10.8 Å². The van der Waals surface area contributed by atoms with Crippen molar-refractivity contribution in [3.05, 3.63) is 121 Å². The first kappa shape index (κ1) is 41.0. The summed E-state index contributed by atoms with van der Waals surface area (Å²) >= 11 is 1.87. The second kappa shape index (κ2) is 18.6. The van der Waals surface area contributed by atoms with E-state index in [2.05, 4.69) is 66.2 Å². The third-order valence-electron chi connectivity index (χ3n) is 11.5. The molecular weight excluding hydrogens is 733 g/mol. The first-order valence-corrected chi connectivity index (χ1v) is 21.7. The average molecular weight is 791 g/mol. The summed E-state index contributed by atoms with van der Waals surface area (Å²) in [7, 11) is 0. The fraction of sp³-hybridized carbons (Fsp3) is 0.458. The van der Waals surface area contributed by atoms with Crippen molar-refractivity contribution in [2.75, 3.05) is 25.6 Å². The van der Waals surface area contributed by atoms with Crippen LogP contribution >= 0.6 is 11.8 Å². The lowest BCUT2D eigenvalue weighted by molar-refractivity contribution is -0.223. The molecule has 0 radical (unpaired) electrons. The highest BCUT2D eigenvalue weighted by Crippen LogP contribution is 2.62. The molecule has 2 aliphatic carbocycles. The number of hydrogen-bond donors (Lipinski definition) is 2. The molecule has 6 unspecified atom stereocenters. The number of nitrogens with zero attached hydrogens (tertiary/aromatic N) is 2. The van der Waals surface area contributed by atoms with E-state index in [-0.39, 0.29) is 42.1 Å². The Hall–Kier alpha value is -4.15. The number of aryl methyl sites for hydroxylation is 1. The molecule has 0 spiro atoms. The van der Waals surface area contributed by atoms with E-state index >= 15 is 0 Å². The summed E-state index contributed by atoms with van der Waals surface area (Å²) in [5.74, 6) is 2.36. The van der Waals surface area contributed by atoms with Gasteiger partial charge in [-0.25, -0.2) is 0 Å². The summed E-state index contributed by atoms with van der Waals surface area (Å²) in [5.41, 5.74) is 3.92. The molecule has 6 atom stereocenters. The van der Waals surface area contributed by atoms with Crippen LogP contribution in [0, 0.1) is 17.8 Å². The molecule has 3 aliphatic rings. The van der Waals surface area contributed by atoms with Crippen molar-refractivity contribution in [2.45, 2.75) is 94.7 Å². The molecule has 1 aliphatic heterocycles. The monoisotopic (exact) mass is 790 g/mol. The SMILES string of the molecule is C=CCOC12Oc3ccc(Oc4ccc5ccccc5c4)cc3C3C(CCCCO)C(CCCCO)C=C(C(=NOC(C)(C)C)CC1SCCc1ccncc1)C32. The van der Waals surface area contributed by atoms with Gasteiger partial charge in [0.05, 0.1) is 23.5 Å². The van der Waals surface area contributed by atoms with E-state index in [0.29, 0.717) is 13.0 Å². The molecule has 1 saturated carbocycles. The fourth-order valence-electron chi connectivity index (χ4n) is 8.97. The summed E-state index contributed by atoms with van der Waals surface area (Å²) in [6.07, 6.45) is 14.6. The van der Waals surface area contributed by atoms with E-state index in [1.807, 2.05) is 75.3 Å². The maximum Gasteiger partial charge on any atom is 0.230 e. The van der Waals surface area contributed by atoms with Crippen molar-refractivity contribution in [3.8, 4) is 17.2 Å². The van der Waals surface area contributed by atoms with Crippen molar-refractivity contribution in [2.24, 2.45) is 22.9 Å². The summed E-state index contributed by atoms with van der Waals surface area (Å²) in [6, 6.07) is 24.9. The Balaban J connectivity index is 1.37. The molecule has 302 valence electrons. The Morgan fingerprint density at radius 1 is 0.930 bits per heavy atom. The molecule has 7 rings (SSSR count). The van der Waals surface area contributed by atoms with Crippen molar-refractivity contribution < 1.29 is 29.3 Å². The third-order valence-corrected chi connectivity index (χ3v) is 12.8. The zero-order valence-corrected chi connectivity index (χ0v) is 34.5. The summed E-state index contributed by atoms with van der Waals surface area (Å²) in [4.78, 5) is 10.5. The Kier molecular flexibility index (Phi) is 13.4. The van der Waals surface area contributed by atoms with Gasteiger partial charge in [0.25, 0.3) is 0 Å². The minimum Gasteiger partial charge on any atom is -0.460 e. The van der Waals surface area contributed by atoms with Gasteiger partial charge in [0.15, 0.2) is 0 Å². The van der Waals surface area contributed by atoms with Crippen molar-refractivity contribution >= 4 is 28.2 Å². The highest BCUT2D eigenvalue weighted by molar-refractivity contribution is 8.00. The van der Waals surface area contributed by atoms with Crippen molar-refractivity contribution in [3.63, 3.8) is 0 Å². The van der Waals surface area contributed by atoms with Gasteiger partial charge < -0.3 is 29.3 Å². The Morgan fingerprint density at radius 2 is 1.67 bits per heavy atom. The van der Waals surface area contributed by atoms with E-state index in [9.17, 15) is 10.2 Å². The number of pyridine rings is 1. The van der Waals surface area contributed by atoms with Crippen LogP contribution in [0.4, 0.5) is 0 Å². The number of fused-ring (bicyclic) bond motifs is 3. The third kappa shape index (κ3) is 9.44. The number of aromatic nitrogens is 1. The Morgan fingerprint density at radius 3 is 2.42 bits per heavy atom. The van der Waals surface area contributed by atoms with Gasteiger partial charge in [-0.05, 0) is 135 Å². The van der Waals surface area contributed by atoms with E-state index < -0.39 is 11.4 Å². The molecule has 0 bridgehead atoms. The molecular formula is C48H58N2O6S. The van der Waals surface area contributed by atoms with E-state index in [0.717, 1.165) is 95.6 Å². The minimum absolute atomic E-state index is 0.0139.